The maximum atomic E-state index is 12.9. The Labute approximate surface area is 133 Å². The second kappa shape index (κ2) is 5.48. The number of aromatic nitrogens is 1. The van der Waals surface area contributed by atoms with Crippen LogP contribution in [0.15, 0.2) is 64.4 Å². The van der Waals surface area contributed by atoms with E-state index >= 15 is 0 Å². The normalized spacial score (nSPS) is 11.5. The van der Waals surface area contributed by atoms with Crippen molar-refractivity contribution in [3.05, 3.63) is 59.8 Å². The zero-order valence-corrected chi connectivity index (χ0v) is 13.0. The molecular weight excluding hydrogens is 320 g/mol. The van der Waals surface area contributed by atoms with Gasteiger partial charge in [0.05, 0.1) is 16.5 Å². The maximum Gasteiger partial charge on any atom is 0.210 e. The smallest absolute Gasteiger partial charge is 0.210 e. The number of halogens is 1. The van der Waals surface area contributed by atoms with Crippen molar-refractivity contribution in [1.29, 1.82) is 5.26 Å². The molecule has 3 rings (SSSR count). The number of hydrogen-bond acceptors (Lipinski definition) is 3. The van der Waals surface area contributed by atoms with Crippen LogP contribution in [0.2, 0.25) is 5.15 Å². The van der Waals surface area contributed by atoms with Crippen LogP contribution >= 0.6 is 11.6 Å². The number of nitriles is 1. The molecule has 0 unspecified atom stereocenters. The number of benzene rings is 2. The SMILES string of the molecule is N#CCn1c(Cl)c(S(=O)(=O)c2ccccc2)c2ccccc21. The fraction of sp³-hybridized carbons (Fsp3) is 0.0625. The van der Waals surface area contributed by atoms with Crippen LogP contribution in [0.3, 0.4) is 0 Å². The number of nitrogens with zero attached hydrogens (tertiary/aromatic N) is 2. The van der Waals surface area contributed by atoms with Gasteiger partial charge in [0.25, 0.3) is 0 Å². The van der Waals surface area contributed by atoms with Crippen LogP contribution in [0, 0.1) is 11.3 Å². The molecule has 0 saturated carbocycles. The molecule has 0 N–H and O–H groups in total. The highest BCUT2D eigenvalue weighted by Gasteiger charge is 2.27. The van der Waals surface area contributed by atoms with Crippen LogP contribution in [0.25, 0.3) is 10.9 Å². The Kier molecular flexibility index (Phi) is 3.65. The summed E-state index contributed by atoms with van der Waals surface area (Å²) in [4.78, 5) is 0.225. The van der Waals surface area contributed by atoms with Crippen LogP contribution in [0.5, 0.6) is 0 Å². The van der Waals surface area contributed by atoms with E-state index in [0.717, 1.165) is 0 Å². The molecule has 0 bridgehead atoms. The lowest BCUT2D eigenvalue weighted by atomic mass is 10.2. The average molecular weight is 331 g/mol. The third-order valence-electron chi connectivity index (χ3n) is 3.41. The first kappa shape index (κ1) is 14.6. The maximum absolute atomic E-state index is 12.9. The van der Waals surface area contributed by atoms with Gasteiger partial charge in [-0.2, -0.15) is 5.26 Å². The van der Waals surface area contributed by atoms with Crippen LogP contribution < -0.4 is 0 Å². The van der Waals surface area contributed by atoms with Gasteiger partial charge in [-0.3, -0.25) is 0 Å². The summed E-state index contributed by atoms with van der Waals surface area (Å²) in [6.45, 7) is -0.0103. The minimum Gasteiger partial charge on any atom is -0.317 e. The largest absolute Gasteiger partial charge is 0.317 e. The van der Waals surface area contributed by atoms with E-state index in [2.05, 4.69) is 0 Å². The monoisotopic (exact) mass is 330 g/mol. The van der Waals surface area contributed by atoms with Crippen molar-refractivity contribution >= 4 is 32.3 Å². The molecule has 1 aromatic heterocycles. The second-order valence-electron chi connectivity index (χ2n) is 4.70. The molecule has 0 spiro atoms. The number of fused-ring (bicyclic) bond motifs is 1. The Hall–Kier alpha value is -2.29. The molecule has 0 aliphatic carbocycles. The van der Waals surface area contributed by atoms with Gasteiger partial charge in [-0.15, -0.1) is 0 Å². The third kappa shape index (κ3) is 2.17. The second-order valence-corrected chi connectivity index (χ2v) is 6.94. The standard InChI is InChI=1S/C16H11ClN2O2S/c17-16-15(22(20,21)12-6-2-1-3-7-12)13-8-4-5-9-14(13)19(16)11-10-18/h1-9H,11H2. The van der Waals surface area contributed by atoms with Crippen molar-refractivity contribution in [3.8, 4) is 6.07 Å². The van der Waals surface area contributed by atoms with Gasteiger partial charge in [0.1, 0.15) is 16.6 Å². The zero-order chi connectivity index (χ0) is 15.7. The lowest BCUT2D eigenvalue weighted by molar-refractivity contribution is 0.596. The molecule has 1 heterocycles. The summed E-state index contributed by atoms with van der Waals surface area (Å²) in [6, 6.07) is 17.1. The minimum absolute atomic E-state index is 0.0103. The molecule has 22 heavy (non-hydrogen) atoms. The van der Waals surface area contributed by atoms with Gasteiger partial charge in [0, 0.05) is 5.39 Å². The minimum atomic E-state index is -3.76. The Balaban J connectivity index is 2.38. The van der Waals surface area contributed by atoms with Gasteiger partial charge in [0.2, 0.25) is 9.84 Å². The number of hydrogen-bond donors (Lipinski definition) is 0. The van der Waals surface area contributed by atoms with Gasteiger partial charge in [-0.25, -0.2) is 8.42 Å². The molecular formula is C16H11ClN2O2S. The van der Waals surface area contributed by atoms with E-state index in [9.17, 15) is 8.42 Å². The van der Waals surface area contributed by atoms with E-state index in [1.165, 1.54) is 16.7 Å². The summed E-state index contributed by atoms with van der Waals surface area (Å²) in [5, 5.41) is 9.54. The molecule has 0 atom stereocenters. The van der Waals surface area contributed by atoms with E-state index in [0.29, 0.717) is 10.9 Å². The van der Waals surface area contributed by atoms with Crippen molar-refractivity contribution in [1.82, 2.24) is 4.57 Å². The summed E-state index contributed by atoms with van der Waals surface area (Å²) >= 11 is 6.30. The van der Waals surface area contributed by atoms with E-state index in [4.69, 9.17) is 16.9 Å². The number of para-hydroxylation sites is 1. The van der Waals surface area contributed by atoms with Crippen molar-refractivity contribution < 1.29 is 8.42 Å². The van der Waals surface area contributed by atoms with Gasteiger partial charge in [-0.1, -0.05) is 48.0 Å². The summed E-state index contributed by atoms with van der Waals surface area (Å²) in [5.74, 6) is 0. The van der Waals surface area contributed by atoms with Gasteiger partial charge < -0.3 is 4.57 Å². The molecule has 0 saturated heterocycles. The van der Waals surface area contributed by atoms with Crippen molar-refractivity contribution in [3.63, 3.8) is 0 Å². The van der Waals surface area contributed by atoms with Crippen LogP contribution in [0.4, 0.5) is 0 Å². The first-order valence-electron chi connectivity index (χ1n) is 6.51. The lowest BCUT2D eigenvalue weighted by Gasteiger charge is -2.04. The zero-order valence-electron chi connectivity index (χ0n) is 11.4. The number of rotatable bonds is 3. The van der Waals surface area contributed by atoms with Crippen molar-refractivity contribution in [2.45, 2.75) is 16.3 Å². The van der Waals surface area contributed by atoms with Gasteiger partial charge in [-0.05, 0) is 18.2 Å². The fourth-order valence-electron chi connectivity index (χ4n) is 2.44. The summed E-state index contributed by atoms with van der Waals surface area (Å²) in [7, 11) is -3.76. The molecule has 3 aromatic rings. The summed E-state index contributed by atoms with van der Waals surface area (Å²) < 4.78 is 27.3. The van der Waals surface area contributed by atoms with Crippen LogP contribution in [0.1, 0.15) is 0 Å². The summed E-state index contributed by atoms with van der Waals surface area (Å²) in [6.07, 6.45) is 0. The molecule has 0 aliphatic rings. The van der Waals surface area contributed by atoms with Crippen LogP contribution in [-0.4, -0.2) is 13.0 Å². The van der Waals surface area contributed by atoms with Gasteiger partial charge in [0.15, 0.2) is 0 Å². The van der Waals surface area contributed by atoms with E-state index in [1.54, 1.807) is 42.5 Å². The predicted octanol–water partition coefficient (Wildman–Crippen LogP) is 3.65. The molecule has 0 amide bonds. The first-order valence-corrected chi connectivity index (χ1v) is 8.37. The third-order valence-corrected chi connectivity index (χ3v) is 5.76. The molecule has 6 heteroatoms. The van der Waals surface area contributed by atoms with Gasteiger partial charge >= 0.3 is 0 Å². The highest BCUT2D eigenvalue weighted by Crippen LogP contribution is 2.36. The lowest BCUT2D eigenvalue weighted by Crippen LogP contribution is -2.03. The molecule has 2 aromatic carbocycles. The first-order chi connectivity index (χ1) is 10.6. The van der Waals surface area contributed by atoms with E-state index in [1.807, 2.05) is 6.07 Å². The molecule has 4 nitrogen and oxygen atoms in total. The quantitative estimate of drug-likeness (QED) is 0.736. The summed E-state index contributed by atoms with van der Waals surface area (Å²) in [5.41, 5.74) is 0.628. The molecule has 110 valence electrons. The Morgan fingerprint density at radius 1 is 1.05 bits per heavy atom. The highest BCUT2D eigenvalue weighted by molar-refractivity contribution is 7.91. The highest BCUT2D eigenvalue weighted by atomic mass is 35.5. The van der Waals surface area contributed by atoms with Crippen LogP contribution in [-0.2, 0) is 16.4 Å². The predicted molar refractivity (Wildman–Crippen MR) is 84.5 cm³/mol. The Morgan fingerprint density at radius 2 is 1.68 bits per heavy atom. The molecule has 0 aliphatic heterocycles. The fourth-order valence-corrected chi connectivity index (χ4v) is 4.54. The van der Waals surface area contributed by atoms with E-state index in [-0.39, 0.29) is 21.5 Å². The Morgan fingerprint density at radius 3 is 2.36 bits per heavy atom. The van der Waals surface area contributed by atoms with Crippen molar-refractivity contribution in [2.24, 2.45) is 0 Å². The number of sulfone groups is 1. The topological polar surface area (TPSA) is 62.9 Å². The van der Waals surface area contributed by atoms with Crippen molar-refractivity contribution in [2.75, 3.05) is 0 Å². The molecule has 0 radical (unpaired) electrons. The molecule has 0 fully saturated rings. The Bertz CT molecular complexity index is 986. The average Bonchev–Trinajstić information content (AvgIpc) is 2.82. The van der Waals surface area contributed by atoms with E-state index < -0.39 is 9.84 Å².